The van der Waals surface area contributed by atoms with E-state index in [0.29, 0.717) is 5.92 Å². The maximum atomic E-state index is 11.6. The summed E-state index contributed by atoms with van der Waals surface area (Å²) < 4.78 is 4.63. The molecule has 0 radical (unpaired) electrons. The monoisotopic (exact) mass is 197 g/mol. The topological polar surface area (TPSA) is 55.4 Å². The van der Waals surface area contributed by atoms with Crippen LogP contribution in [0.25, 0.3) is 0 Å². The first kappa shape index (κ1) is 9.49. The summed E-state index contributed by atoms with van der Waals surface area (Å²) >= 11 is 0. The molecule has 2 rings (SSSR count). The molecule has 78 valence electrons. The Balaban J connectivity index is 2.05. The summed E-state index contributed by atoms with van der Waals surface area (Å²) in [4.78, 5) is 22.9. The number of rotatable bonds is 1. The van der Waals surface area contributed by atoms with Crippen LogP contribution in [0.2, 0.25) is 0 Å². The van der Waals surface area contributed by atoms with Gasteiger partial charge in [0.15, 0.2) is 0 Å². The molecule has 1 N–H and O–H groups in total. The molecule has 4 heteroatoms. The van der Waals surface area contributed by atoms with Crippen LogP contribution in [0.5, 0.6) is 0 Å². The Hall–Kier alpha value is -1.06. The quantitative estimate of drug-likeness (QED) is 0.621. The Bertz CT molecular complexity index is 264. The predicted octanol–water partition coefficient (Wildman–Crippen LogP) is 0.464. The third-order valence-electron chi connectivity index (χ3n) is 3.34. The van der Waals surface area contributed by atoms with Crippen molar-refractivity contribution < 1.29 is 14.3 Å². The second-order valence-corrected chi connectivity index (χ2v) is 4.12. The highest BCUT2D eigenvalue weighted by Crippen LogP contribution is 2.37. The highest BCUT2D eigenvalue weighted by Gasteiger charge is 2.41. The van der Waals surface area contributed by atoms with Gasteiger partial charge in [0.2, 0.25) is 5.91 Å². The molecule has 0 unspecified atom stereocenters. The first-order chi connectivity index (χ1) is 6.72. The van der Waals surface area contributed by atoms with Crippen molar-refractivity contribution in [1.82, 2.24) is 5.32 Å². The Labute approximate surface area is 83.0 Å². The summed E-state index contributed by atoms with van der Waals surface area (Å²) in [5.41, 5.74) is 0. The van der Waals surface area contributed by atoms with Crippen molar-refractivity contribution in [3.8, 4) is 0 Å². The number of ether oxygens (including phenoxy) is 1. The largest absolute Gasteiger partial charge is 0.467 e. The lowest BCUT2D eigenvalue weighted by Gasteiger charge is -2.30. The van der Waals surface area contributed by atoms with Gasteiger partial charge in [0.05, 0.1) is 7.11 Å². The molecule has 4 nitrogen and oxygen atoms in total. The summed E-state index contributed by atoms with van der Waals surface area (Å²) in [6.45, 7) is 0. The van der Waals surface area contributed by atoms with E-state index in [-0.39, 0.29) is 17.8 Å². The Kier molecular flexibility index (Phi) is 2.44. The Morgan fingerprint density at radius 3 is 3.00 bits per heavy atom. The van der Waals surface area contributed by atoms with Gasteiger partial charge in [0, 0.05) is 5.92 Å². The highest BCUT2D eigenvalue weighted by atomic mass is 16.5. The number of fused-ring (bicyclic) bond motifs is 1. The molecule has 1 aliphatic carbocycles. The van der Waals surface area contributed by atoms with Crippen LogP contribution in [0.1, 0.15) is 25.7 Å². The van der Waals surface area contributed by atoms with Crippen molar-refractivity contribution in [2.45, 2.75) is 31.7 Å². The average molecular weight is 197 g/mol. The van der Waals surface area contributed by atoms with Gasteiger partial charge in [-0.05, 0) is 25.2 Å². The fraction of sp³-hybridized carbons (Fsp3) is 0.800. The van der Waals surface area contributed by atoms with Gasteiger partial charge in [0.25, 0.3) is 0 Å². The van der Waals surface area contributed by atoms with Crippen LogP contribution >= 0.6 is 0 Å². The molecule has 3 atom stereocenters. The molecule has 2 aliphatic rings. The SMILES string of the molecule is COC(=O)[C@@H]1C[C@@H]2CCC[C@@H]2C(=O)N1. The van der Waals surface area contributed by atoms with Crippen molar-refractivity contribution in [3.63, 3.8) is 0 Å². The van der Waals surface area contributed by atoms with Crippen molar-refractivity contribution in [1.29, 1.82) is 0 Å². The summed E-state index contributed by atoms with van der Waals surface area (Å²) in [7, 11) is 1.36. The molecule has 1 saturated carbocycles. The highest BCUT2D eigenvalue weighted by molar-refractivity contribution is 5.87. The smallest absolute Gasteiger partial charge is 0.328 e. The minimum absolute atomic E-state index is 0.0363. The number of hydrogen-bond donors (Lipinski definition) is 1. The van der Waals surface area contributed by atoms with E-state index in [1.807, 2.05) is 0 Å². The maximum absolute atomic E-state index is 11.6. The Morgan fingerprint density at radius 2 is 2.29 bits per heavy atom. The lowest BCUT2D eigenvalue weighted by Crippen LogP contribution is -2.50. The van der Waals surface area contributed by atoms with Crippen LogP contribution in [0.15, 0.2) is 0 Å². The molecule has 1 saturated heterocycles. The third kappa shape index (κ3) is 1.49. The van der Waals surface area contributed by atoms with Gasteiger partial charge in [-0.3, -0.25) is 4.79 Å². The van der Waals surface area contributed by atoms with Crippen LogP contribution in [-0.2, 0) is 14.3 Å². The summed E-state index contributed by atoms with van der Waals surface area (Å²) in [6.07, 6.45) is 3.91. The molecule has 1 heterocycles. The summed E-state index contributed by atoms with van der Waals surface area (Å²) in [5, 5.41) is 2.72. The standard InChI is InChI=1S/C10H15NO3/c1-14-10(13)8-5-6-3-2-4-7(6)9(12)11-8/h6-8H,2-5H2,1H3,(H,11,12)/t6-,7-,8-/m0/s1. The van der Waals surface area contributed by atoms with Gasteiger partial charge < -0.3 is 10.1 Å². The maximum Gasteiger partial charge on any atom is 0.328 e. The Morgan fingerprint density at radius 1 is 1.50 bits per heavy atom. The number of piperidine rings is 1. The van der Waals surface area contributed by atoms with E-state index in [9.17, 15) is 9.59 Å². The number of methoxy groups -OCH3 is 1. The first-order valence-electron chi connectivity index (χ1n) is 5.10. The number of amides is 1. The van der Waals surface area contributed by atoms with Gasteiger partial charge in [-0.15, -0.1) is 0 Å². The molecule has 0 aromatic carbocycles. The van der Waals surface area contributed by atoms with Crippen molar-refractivity contribution >= 4 is 11.9 Å². The minimum atomic E-state index is -0.410. The molecule has 0 bridgehead atoms. The van der Waals surface area contributed by atoms with Crippen LogP contribution in [0.4, 0.5) is 0 Å². The lowest BCUT2D eigenvalue weighted by atomic mass is 9.85. The molecular formula is C10H15NO3. The fourth-order valence-electron chi connectivity index (χ4n) is 2.60. The molecular weight excluding hydrogens is 182 g/mol. The number of carbonyl (C=O) groups is 2. The van der Waals surface area contributed by atoms with E-state index in [2.05, 4.69) is 10.1 Å². The molecule has 0 spiro atoms. The van der Waals surface area contributed by atoms with Crippen molar-refractivity contribution in [3.05, 3.63) is 0 Å². The van der Waals surface area contributed by atoms with Gasteiger partial charge in [0.1, 0.15) is 6.04 Å². The van der Waals surface area contributed by atoms with E-state index < -0.39 is 6.04 Å². The molecule has 2 fully saturated rings. The predicted molar refractivity (Wildman–Crippen MR) is 49.4 cm³/mol. The molecule has 1 amide bonds. The van der Waals surface area contributed by atoms with Crippen LogP contribution in [0.3, 0.4) is 0 Å². The van der Waals surface area contributed by atoms with Crippen molar-refractivity contribution in [2.75, 3.05) is 7.11 Å². The van der Waals surface area contributed by atoms with Gasteiger partial charge >= 0.3 is 5.97 Å². The first-order valence-corrected chi connectivity index (χ1v) is 5.10. The normalized spacial score (nSPS) is 36.1. The summed E-state index contributed by atoms with van der Waals surface area (Å²) in [5.74, 6) is 0.265. The molecule has 1 aliphatic heterocycles. The van der Waals surface area contributed by atoms with Crippen LogP contribution < -0.4 is 5.32 Å². The molecule has 14 heavy (non-hydrogen) atoms. The van der Waals surface area contributed by atoms with Crippen LogP contribution in [0, 0.1) is 11.8 Å². The van der Waals surface area contributed by atoms with E-state index in [1.165, 1.54) is 7.11 Å². The average Bonchev–Trinajstić information content (AvgIpc) is 2.64. The zero-order valence-electron chi connectivity index (χ0n) is 8.29. The van der Waals surface area contributed by atoms with E-state index in [4.69, 9.17) is 0 Å². The zero-order valence-corrected chi connectivity index (χ0v) is 8.29. The summed E-state index contributed by atoms with van der Waals surface area (Å²) in [6, 6.07) is -0.410. The number of nitrogens with one attached hydrogen (secondary N) is 1. The number of carbonyl (C=O) groups excluding carboxylic acids is 2. The zero-order chi connectivity index (χ0) is 10.1. The minimum Gasteiger partial charge on any atom is -0.467 e. The van der Waals surface area contributed by atoms with E-state index >= 15 is 0 Å². The van der Waals surface area contributed by atoms with E-state index in [1.54, 1.807) is 0 Å². The number of hydrogen-bond acceptors (Lipinski definition) is 3. The van der Waals surface area contributed by atoms with Crippen molar-refractivity contribution in [2.24, 2.45) is 11.8 Å². The lowest BCUT2D eigenvalue weighted by molar-refractivity contribution is -0.148. The fourth-order valence-corrected chi connectivity index (χ4v) is 2.60. The van der Waals surface area contributed by atoms with E-state index in [0.717, 1.165) is 25.7 Å². The third-order valence-corrected chi connectivity index (χ3v) is 3.34. The molecule has 0 aromatic heterocycles. The number of esters is 1. The van der Waals surface area contributed by atoms with Gasteiger partial charge in [-0.2, -0.15) is 0 Å². The van der Waals surface area contributed by atoms with Crippen LogP contribution in [-0.4, -0.2) is 25.0 Å². The van der Waals surface area contributed by atoms with Gasteiger partial charge in [-0.25, -0.2) is 4.79 Å². The van der Waals surface area contributed by atoms with Gasteiger partial charge in [-0.1, -0.05) is 6.42 Å². The second-order valence-electron chi connectivity index (χ2n) is 4.12. The second kappa shape index (κ2) is 3.59. The molecule has 0 aromatic rings.